The summed E-state index contributed by atoms with van der Waals surface area (Å²) in [6, 6.07) is 8.20. The van der Waals surface area contributed by atoms with Crippen LogP contribution in [0, 0.1) is 0 Å². The van der Waals surface area contributed by atoms with Gasteiger partial charge in [-0.2, -0.15) is 0 Å². The van der Waals surface area contributed by atoms with E-state index in [2.05, 4.69) is 19.9 Å². The minimum Gasteiger partial charge on any atom is -0.327 e. The molecule has 0 fully saturated rings. The summed E-state index contributed by atoms with van der Waals surface area (Å²) in [6.45, 7) is 4.32. The molecule has 0 aromatic heterocycles. The molecule has 1 nitrogen and oxygen atoms in total. The van der Waals surface area contributed by atoms with Crippen molar-refractivity contribution in [3.8, 4) is 0 Å². The Bertz CT molecular complexity index is 285. The summed E-state index contributed by atoms with van der Waals surface area (Å²) in [5.74, 6) is 0.383. The average Bonchev–Trinajstić information content (AvgIpc) is 2.17. The molecule has 0 bridgehead atoms. The number of benzene rings is 1. The predicted molar refractivity (Wildman–Crippen MR) is 62.8 cm³/mol. The van der Waals surface area contributed by atoms with Crippen molar-refractivity contribution in [2.75, 3.05) is 0 Å². The molecule has 0 heterocycles. The quantitative estimate of drug-likeness (QED) is 0.810. The Labute approximate surface area is 91.3 Å². The summed E-state index contributed by atoms with van der Waals surface area (Å²) in [7, 11) is 0. The van der Waals surface area contributed by atoms with Gasteiger partial charge in [0.15, 0.2) is 0 Å². The zero-order chi connectivity index (χ0) is 10.6. The second-order valence-electron chi connectivity index (χ2n) is 3.80. The van der Waals surface area contributed by atoms with Crippen molar-refractivity contribution >= 4 is 11.6 Å². The van der Waals surface area contributed by atoms with E-state index >= 15 is 0 Å². The standard InChI is InChI=1S/C12H18ClN/c1-3-5-12(14)9(2)10-6-4-7-11(13)8-10/h4,6-9,12H,3,5,14H2,1-2H3. The lowest BCUT2D eigenvalue weighted by Gasteiger charge is -2.19. The molecule has 2 heteroatoms. The molecular formula is C12H18ClN. The van der Waals surface area contributed by atoms with E-state index < -0.39 is 0 Å². The molecule has 14 heavy (non-hydrogen) atoms. The minimum absolute atomic E-state index is 0.235. The van der Waals surface area contributed by atoms with Crippen LogP contribution >= 0.6 is 11.6 Å². The van der Waals surface area contributed by atoms with Gasteiger partial charge in [0.05, 0.1) is 0 Å². The Morgan fingerprint density at radius 3 is 2.71 bits per heavy atom. The fraction of sp³-hybridized carbons (Fsp3) is 0.500. The van der Waals surface area contributed by atoms with Gasteiger partial charge in [-0.05, 0) is 30.0 Å². The van der Waals surface area contributed by atoms with Gasteiger partial charge in [-0.3, -0.25) is 0 Å². The maximum Gasteiger partial charge on any atom is 0.0408 e. The van der Waals surface area contributed by atoms with Crippen LogP contribution in [0.4, 0.5) is 0 Å². The molecule has 1 aromatic carbocycles. The van der Waals surface area contributed by atoms with Crippen molar-refractivity contribution in [1.82, 2.24) is 0 Å². The molecule has 1 rings (SSSR count). The zero-order valence-corrected chi connectivity index (χ0v) is 9.59. The molecule has 0 aliphatic heterocycles. The normalized spacial score (nSPS) is 15.1. The SMILES string of the molecule is CCCC(N)C(C)c1cccc(Cl)c1. The average molecular weight is 212 g/mol. The summed E-state index contributed by atoms with van der Waals surface area (Å²) in [4.78, 5) is 0. The fourth-order valence-electron chi connectivity index (χ4n) is 1.62. The van der Waals surface area contributed by atoms with Crippen LogP contribution in [-0.2, 0) is 0 Å². The summed E-state index contributed by atoms with van der Waals surface area (Å²) in [5, 5.41) is 0.790. The van der Waals surface area contributed by atoms with E-state index in [1.807, 2.05) is 18.2 Å². The molecule has 0 saturated carbocycles. The number of hydrogen-bond donors (Lipinski definition) is 1. The molecule has 2 N–H and O–H groups in total. The number of rotatable bonds is 4. The Balaban J connectivity index is 2.73. The molecule has 0 amide bonds. The first kappa shape index (κ1) is 11.5. The lowest BCUT2D eigenvalue weighted by molar-refractivity contribution is 0.522. The Morgan fingerprint density at radius 1 is 1.43 bits per heavy atom. The van der Waals surface area contributed by atoms with Gasteiger partial charge in [-0.15, -0.1) is 0 Å². The van der Waals surface area contributed by atoms with Gasteiger partial charge in [0.2, 0.25) is 0 Å². The van der Waals surface area contributed by atoms with Crippen molar-refractivity contribution in [2.45, 2.75) is 38.6 Å². The first-order valence-electron chi connectivity index (χ1n) is 5.16. The van der Waals surface area contributed by atoms with Crippen molar-refractivity contribution < 1.29 is 0 Å². The Hall–Kier alpha value is -0.530. The van der Waals surface area contributed by atoms with Crippen LogP contribution in [0.3, 0.4) is 0 Å². The molecular weight excluding hydrogens is 194 g/mol. The summed E-state index contributed by atoms with van der Waals surface area (Å²) in [5.41, 5.74) is 7.30. The minimum atomic E-state index is 0.235. The Morgan fingerprint density at radius 2 is 2.14 bits per heavy atom. The van der Waals surface area contributed by atoms with E-state index in [1.54, 1.807) is 0 Å². The highest BCUT2D eigenvalue weighted by Gasteiger charge is 2.13. The largest absolute Gasteiger partial charge is 0.327 e. The van der Waals surface area contributed by atoms with Gasteiger partial charge in [-0.1, -0.05) is 44.0 Å². The molecule has 0 radical (unpaired) electrons. The van der Waals surface area contributed by atoms with Gasteiger partial charge in [0, 0.05) is 11.1 Å². The van der Waals surface area contributed by atoms with Gasteiger partial charge in [0.1, 0.15) is 0 Å². The zero-order valence-electron chi connectivity index (χ0n) is 8.83. The van der Waals surface area contributed by atoms with Gasteiger partial charge in [-0.25, -0.2) is 0 Å². The third kappa shape index (κ3) is 3.00. The molecule has 0 spiro atoms. The third-order valence-corrected chi connectivity index (χ3v) is 2.87. The van der Waals surface area contributed by atoms with Crippen LogP contribution < -0.4 is 5.73 Å². The summed E-state index contributed by atoms with van der Waals surface area (Å²) in [6.07, 6.45) is 2.19. The van der Waals surface area contributed by atoms with Gasteiger partial charge in [0.25, 0.3) is 0 Å². The lowest BCUT2D eigenvalue weighted by atomic mass is 9.91. The van der Waals surface area contributed by atoms with Crippen molar-refractivity contribution in [3.63, 3.8) is 0 Å². The summed E-state index contributed by atoms with van der Waals surface area (Å²) >= 11 is 5.93. The molecule has 0 aliphatic carbocycles. The van der Waals surface area contributed by atoms with E-state index in [0.717, 1.165) is 17.9 Å². The maximum absolute atomic E-state index is 6.07. The monoisotopic (exact) mass is 211 g/mol. The highest BCUT2D eigenvalue weighted by atomic mass is 35.5. The molecule has 0 aliphatic rings. The van der Waals surface area contributed by atoms with Crippen LogP contribution in [0.15, 0.2) is 24.3 Å². The molecule has 2 unspecified atom stereocenters. The second-order valence-corrected chi connectivity index (χ2v) is 4.23. The topological polar surface area (TPSA) is 26.0 Å². The van der Waals surface area contributed by atoms with Gasteiger partial charge < -0.3 is 5.73 Å². The molecule has 78 valence electrons. The Kier molecular flexibility index (Phi) is 4.43. The van der Waals surface area contributed by atoms with E-state index in [-0.39, 0.29) is 6.04 Å². The maximum atomic E-state index is 6.07. The van der Waals surface area contributed by atoms with E-state index in [0.29, 0.717) is 5.92 Å². The third-order valence-electron chi connectivity index (χ3n) is 2.64. The van der Waals surface area contributed by atoms with E-state index in [4.69, 9.17) is 17.3 Å². The van der Waals surface area contributed by atoms with Crippen LogP contribution in [0.5, 0.6) is 0 Å². The van der Waals surface area contributed by atoms with Crippen LogP contribution in [-0.4, -0.2) is 6.04 Å². The predicted octanol–water partition coefficient (Wildman–Crippen LogP) is 3.57. The van der Waals surface area contributed by atoms with Crippen molar-refractivity contribution in [1.29, 1.82) is 0 Å². The first-order chi connectivity index (χ1) is 6.65. The molecule has 0 saturated heterocycles. The van der Waals surface area contributed by atoms with E-state index in [1.165, 1.54) is 5.56 Å². The van der Waals surface area contributed by atoms with E-state index in [9.17, 15) is 0 Å². The summed E-state index contributed by atoms with van der Waals surface area (Å²) < 4.78 is 0. The number of nitrogens with two attached hydrogens (primary N) is 1. The molecule has 2 atom stereocenters. The smallest absolute Gasteiger partial charge is 0.0408 e. The highest BCUT2D eigenvalue weighted by molar-refractivity contribution is 6.30. The van der Waals surface area contributed by atoms with Crippen LogP contribution in [0.25, 0.3) is 0 Å². The fourth-order valence-corrected chi connectivity index (χ4v) is 1.82. The van der Waals surface area contributed by atoms with Crippen LogP contribution in [0.2, 0.25) is 5.02 Å². The van der Waals surface area contributed by atoms with Gasteiger partial charge >= 0.3 is 0 Å². The molecule has 1 aromatic rings. The van der Waals surface area contributed by atoms with Crippen molar-refractivity contribution in [2.24, 2.45) is 5.73 Å². The first-order valence-corrected chi connectivity index (χ1v) is 5.54. The second kappa shape index (κ2) is 5.38. The highest BCUT2D eigenvalue weighted by Crippen LogP contribution is 2.23. The van der Waals surface area contributed by atoms with Crippen molar-refractivity contribution in [3.05, 3.63) is 34.9 Å². The number of halogens is 1. The van der Waals surface area contributed by atoms with Crippen LogP contribution in [0.1, 0.15) is 38.2 Å². The lowest BCUT2D eigenvalue weighted by Crippen LogP contribution is -2.26. The number of hydrogen-bond acceptors (Lipinski definition) is 1.